The summed E-state index contributed by atoms with van der Waals surface area (Å²) in [5.74, 6) is -0.768. The Labute approximate surface area is 239 Å². The van der Waals surface area contributed by atoms with E-state index in [2.05, 4.69) is 17.4 Å². The number of carbonyl (C=O) groups is 2. The summed E-state index contributed by atoms with van der Waals surface area (Å²) in [5, 5.41) is 3.59. The van der Waals surface area contributed by atoms with Gasteiger partial charge in [0.25, 0.3) is 5.91 Å². The molecule has 0 aliphatic heterocycles. The van der Waals surface area contributed by atoms with Gasteiger partial charge in [0, 0.05) is 36.2 Å². The molecule has 1 fully saturated rings. The third-order valence-corrected chi connectivity index (χ3v) is 8.65. The van der Waals surface area contributed by atoms with E-state index in [-0.39, 0.29) is 30.1 Å². The highest BCUT2D eigenvalue weighted by atomic mass is 32.1. The topological polar surface area (TPSA) is 62.3 Å². The van der Waals surface area contributed by atoms with Crippen molar-refractivity contribution in [1.82, 2.24) is 9.88 Å². The molecule has 5 rings (SSSR count). The van der Waals surface area contributed by atoms with Crippen LogP contribution in [0, 0.1) is 5.82 Å². The monoisotopic (exact) mass is 555 g/mol. The van der Waals surface area contributed by atoms with Gasteiger partial charge < -0.3 is 4.90 Å². The molecule has 0 bridgehead atoms. The molecule has 1 N–H and O–H groups in total. The third kappa shape index (κ3) is 6.15. The molecule has 1 aliphatic carbocycles. The standard InChI is InChI=1S/C33H34FN3O2S/c1-23(38)37(28-15-9-10-16-28)33(2,22-25-17-19-27(34)20-18-25)31(39)36-32-35-30(26-13-7-4-8-14-26)29(40-32)21-24-11-5-3-6-12-24/h3-8,11-14,17-20,28H,9-10,15-16,21-22H2,1-2H3,(H,35,36,39). The Morgan fingerprint density at radius 3 is 2.20 bits per heavy atom. The zero-order chi connectivity index (χ0) is 28.1. The molecule has 4 aromatic rings. The predicted molar refractivity (Wildman–Crippen MR) is 159 cm³/mol. The van der Waals surface area contributed by atoms with Gasteiger partial charge in [-0.3, -0.25) is 14.9 Å². The minimum Gasteiger partial charge on any atom is -0.325 e. The summed E-state index contributed by atoms with van der Waals surface area (Å²) < 4.78 is 13.7. The van der Waals surface area contributed by atoms with Crippen LogP contribution in [0.5, 0.6) is 0 Å². The van der Waals surface area contributed by atoms with Gasteiger partial charge in [-0.15, -0.1) is 11.3 Å². The molecule has 1 saturated carbocycles. The van der Waals surface area contributed by atoms with Gasteiger partial charge in [0.1, 0.15) is 11.4 Å². The van der Waals surface area contributed by atoms with Crippen molar-refractivity contribution >= 4 is 28.3 Å². The van der Waals surface area contributed by atoms with Crippen LogP contribution in [0.2, 0.25) is 0 Å². The molecule has 0 saturated heterocycles. The van der Waals surface area contributed by atoms with E-state index >= 15 is 0 Å². The van der Waals surface area contributed by atoms with Gasteiger partial charge in [0.2, 0.25) is 5.91 Å². The summed E-state index contributed by atoms with van der Waals surface area (Å²) in [6.45, 7) is 3.35. The number of thiazole rings is 1. The SMILES string of the molecule is CC(=O)N(C1CCCC1)C(C)(Cc1ccc(F)cc1)C(=O)Nc1nc(-c2ccccc2)c(Cc2ccccc2)s1. The van der Waals surface area contributed by atoms with Gasteiger partial charge in [-0.25, -0.2) is 9.37 Å². The summed E-state index contributed by atoms with van der Waals surface area (Å²) in [6, 6.07) is 26.3. The molecule has 1 atom stereocenters. The van der Waals surface area contributed by atoms with Crippen LogP contribution in [0.3, 0.4) is 0 Å². The van der Waals surface area contributed by atoms with Crippen molar-refractivity contribution in [2.75, 3.05) is 5.32 Å². The maximum atomic E-state index is 14.2. The maximum Gasteiger partial charge on any atom is 0.252 e. The Hall–Kier alpha value is -3.84. The first kappa shape index (κ1) is 27.7. The Kier molecular flexibility index (Phi) is 8.40. The number of amides is 2. The van der Waals surface area contributed by atoms with Crippen LogP contribution >= 0.6 is 11.3 Å². The number of anilines is 1. The molecular formula is C33H34FN3O2S. The lowest BCUT2D eigenvalue weighted by Crippen LogP contribution is -2.61. The third-order valence-electron chi connectivity index (χ3n) is 7.68. The first-order valence-electron chi connectivity index (χ1n) is 13.8. The molecule has 1 aliphatic rings. The van der Waals surface area contributed by atoms with Gasteiger partial charge in [-0.2, -0.15) is 0 Å². The van der Waals surface area contributed by atoms with E-state index in [1.54, 1.807) is 17.0 Å². The summed E-state index contributed by atoms with van der Waals surface area (Å²) >= 11 is 1.46. The number of aromatic nitrogens is 1. The quantitative estimate of drug-likeness (QED) is 0.236. The Balaban J connectivity index is 1.50. The Morgan fingerprint density at radius 2 is 1.57 bits per heavy atom. The fourth-order valence-corrected chi connectivity index (χ4v) is 6.82. The summed E-state index contributed by atoms with van der Waals surface area (Å²) in [6.07, 6.45) is 4.73. The maximum absolute atomic E-state index is 14.2. The van der Waals surface area contributed by atoms with Crippen molar-refractivity contribution in [3.63, 3.8) is 0 Å². The van der Waals surface area contributed by atoms with Crippen LogP contribution < -0.4 is 5.32 Å². The Bertz CT molecular complexity index is 1450. The largest absolute Gasteiger partial charge is 0.325 e. The smallest absolute Gasteiger partial charge is 0.252 e. The zero-order valence-corrected chi connectivity index (χ0v) is 23.7. The summed E-state index contributed by atoms with van der Waals surface area (Å²) in [5.41, 5.74) is 2.58. The van der Waals surface area contributed by atoms with E-state index < -0.39 is 5.54 Å². The molecule has 0 spiro atoms. The number of benzene rings is 3. The molecule has 206 valence electrons. The summed E-state index contributed by atoms with van der Waals surface area (Å²) in [4.78, 5) is 35.0. The summed E-state index contributed by atoms with van der Waals surface area (Å²) in [7, 11) is 0. The number of nitrogens with zero attached hydrogens (tertiary/aromatic N) is 2. The lowest BCUT2D eigenvalue weighted by Gasteiger charge is -2.43. The van der Waals surface area contributed by atoms with Crippen LogP contribution in [0.15, 0.2) is 84.9 Å². The number of hydrogen-bond donors (Lipinski definition) is 1. The molecule has 2 amide bonds. The highest BCUT2D eigenvalue weighted by molar-refractivity contribution is 7.16. The normalized spacial score (nSPS) is 15.0. The van der Waals surface area contributed by atoms with E-state index in [0.29, 0.717) is 11.6 Å². The van der Waals surface area contributed by atoms with Crippen LogP contribution in [-0.2, 0) is 22.4 Å². The van der Waals surface area contributed by atoms with Crippen molar-refractivity contribution < 1.29 is 14.0 Å². The lowest BCUT2D eigenvalue weighted by molar-refractivity contribution is -0.146. The van der Waals surface area contributed by atoms with E-state index in [1.807, 2.05) is 55.5 Å². The molecule has 40 heavy (non-hydrogen) atoms. The van der Waals surface area contributed by atoms with Crippen LogP contribution in [0.25, 0.3) is 11.3 Å². The van der Waals surface area contributed by atoms with Crippen LogP contribution in [0.4, 0.5) is 9.52 Å². The second-order valence-electron chi connectivity index (χ2n) is 10.7. The number of hydrogen-bond acceptors (Lipinski definition) is 4. The first-order chi connectivity index (χ1) is 19.3. The number of carbonyl (C=O) groups excluding carboxylic acids is 2. The fraction of sp³-hybridized carbons (Fsp3) is 0.303. The second-order valence-corrected chi connectivity index (χ2v) is 11.8. The number of halogens is 1. The van der Waals surface area contributed by atoms with E-state index in [4.69, 9.17) is 4.98 Å². The lowest BCUT2D eigenvalue weighted by atomic mass is 9.87. The number of rotatable bonds is 9. The minimum atomic E-state index is -1.18. The van der Waals surface area contributed by atoms with E-state index in [1.165, 1.54) is 30.4 Å². The predicted octanol–water partition coefficient (Wildman–Crippen LogP) is 7.27. The van der Waals surface area contributed by atoms with E-state index in [9.17, 15) is 14.0 Å². The highest BCUT2D eigenvalue weighted by Gasteiger charge is 2.45. The molecule has 1 unspecified atom stereocenters. The fourth-order valence-electron chi connectivity index (χ4n) is 5.80. The molecule has 3 aromatic carbocycles. The van der Waals surface area contributed by atoms with Gasteiger partial charge in [0.05, 0.1) is 5.69 Å². The Morgan fingerprint density at radius 1 is 0.950 bits per heavy atom. The van der Waals surface area contributed by atoms with Gasteiger partial charge >= 0.3 is 0 Å². The number of nitrogens with one attached hydrogen (secondary N) is 1. The molecule has 1 heterocycles. The second kappa shape index (κ2) is 12.1. The highest BCUT2D eigenvalue weighted by Crippen LogP contribution is 2.36. The average molecular weight is 556 g/mol. The van der Waals surface area contributed by atoms with E-state index in [0.717, 1.165) is 52.9 Å². The molecule has 0 radical (unpaired) electrons. The minimum absolute atomic E-state index is 0.0153. The van der Waals surface area contributed by atoms with Gasteiger partial charge in [-0.05, 0) is 43.0 Å². The van der Waals surface area contributed by atoms with Crippen molar-refractivity contribution in [3.8, 4) is 11.3 Å². The zero-order valence-electron chi connectivity index (χ0n) is 22.9. The first-order valence-corrected chi connectivity index (χ1v) is 14.6. The molecule has 1 aromatic heterocycles. The van der Waals surface area contributed by atoms with Gasteiger partial charge in [-0.1, -0.05) is 85.6 Å². The molecular weight excluding hydrogens is 521 g/mol. The molecule has 7 heteroatoms. The van der Waals surface area contributed by atoms with Crippen molar-refractivity contribution in [2.24, 2.45) is 0 Å². The van der Waals surface area contributed by atoms with Crippen molar-refractivity contribution in [1.29, 1.82) is 0 Å². The molecule has 5 nitrogen and oxygen atoms in total. The average Bonchev–Trinajstić information content (AvgIpc) is 3.61. The van der Waals surface area contributed by atoms with Crippen LogP contribution in [-0.4, -0.2) is 33.3 Å². The van der Waals surface area contributed by atoms with Crippen LogP contribution in [0.1, 0.15) is 55.5 Å². The van der Waals surface area contributed by atoms with Crippen molar-refractivity contribution in [2.45, 2.75) is 64.0 Å². The van der Waals surface area contributed by atoms with Crippen molar-refractivity contribution in [3.05, 3.63) is 107 Å². The van der Waals surface area contributed by atoms with Gasteiger partial charge in [0.15, 0.2) is 5.13 Å².